The van der Waals surface area contributed by atoms with Gasteiger partial charge in [-0.25, -0.2) is 17.9 Å². The summed E-state index contributed by atoms with van der Waals surface area (Å²) in [7, 11) is 1.42. The van der Waals surface area contributed by atoms with Crippen molar-refractivity contribution in [1.29, 1.82) is 0 Å². The predicted octanol–water partition coefficient (Wildman–Crippen LogP) is 3.90. The zero-order valence-corrected chi connectivity index (χ0v) is 21.7. The van der Waals surface area contributed by atoms with Gasteiger partial charge in [0.25, 0.3) is 0 Å². The Balaban J connectivity index is 1.50. The van der Waals surface area contributed by atoms with E-state index in [1.807, 2.05) is 6.07 Å². The minimum absolute atomic E-state index is 0.0302. The number of aromatic nitrogens is 5. The molecule has 0 spiro atoms. The Morgan fingerprint density at radius 2 is 1.90 bits per heavy atom. The van der Waals surface area contributed by atoms with Gasteiger partial charge in [0.05, 0.1) is 23.5 Å². The SMILES string of the molecule is CO[C@H]1C(n2cc(-c3cc(F)c(F)c(F)c3)nn2)[C@@H](O)C(CO)O[C@@H]1Sc1cc(Cl)cnc1-c1ccccn1. The number of benzene rings is 1. The van der Waals surface area contributed by atoms with Crippen LogP contribution in [0.2, 0.25) is 5.02 Å². The predicted molar refractivity (Wildman–Crippen MR) is 135 cm³/mol. The molecule has 4 aromatic rings. The number of hydrogen-bond donors (Lipinski definition) is 2. The van der Waals surface area contributed by atoms with Crippen LogP contribution < -0.4 is 0 Å². The first-order chi connectivity index (χ1) is 18.8. The Bertz CT molecular complexity index is 1440. The maximum absolute atomic E-state index is 13.8. The van der Waals surface area contributed by atoms with Crippen LogP contribution in [0.5, 0.6) is 0 Å². The van der Waals surface area contributed by atoms with Gasteiger partial charge in [-0.15, -0.1) is 5.10 Å². The minimum Gasteiger partial charge on any atom is -0.394 e. The normalized spacial score (nSPS) is 23.2. The Labute approximate surface area is 229 Å². The molecule has 2 unspecified atom stereocenters. The molecular weight excluding hydrogens is 559 g/mol. The number of hydrogen-bond acceptors (Lipinski definition) is 9. The largest absolute Gasteiger partial charge is 0.394 e. The number of thioether (sulfide) groups is 1. The third kappa shape index (κ3) is 5.51. The van der Waals surface area contributed by atoms with Crippen molar-refractivity contribution in [2.45, 2.75) is 34.7 Å². The zero-order valence-electron chi connectivity index (χ0n) is 20.2. The quantitative estimate of drug-likeness (QED) is 0.315. The fourth-order valence-electron chi connectivity index (χ4n) is 4.30. The molecule has 4 heterocycles. The molecule has 0 amide bonds. The molecule has 14 heteroatoms. The van der Waals surface area contributed by atoms with Crippen LogP contribution in [0.1, 0.15) is 6.04 Å². The molecule has 0 aliphatic carbocycles. The van der Waals surface area contributed by atoms with Gasteiger partial charge in [0.15, 0.2) is 17.5 Å². The molecule has 0 saturated carbocycles. The molecule has 1 aliphatic heterocycles. The molecule has 9 nitrogen and oxygen atoms in total. The molecule has 2 N–H and O–H groups in total. The first-order valence-electron chi connectivity index (χ1n) is 11.6. The second-order valence-electron chi connectivity index (χ2n) is 8.58. The van der Waals surface area contributed by atoms with Gasteiger partial charge in [0.2, 0.25) is 0 Å². The lowest BCUT2D eigenvalue weighted by atomic mass is 9.97. The van der Waals surface area contributed by atoms with Crippen molar-refractivity contribution in [3.8, 4) is 22.6 Å². The van der Waals surface area contributed by atoms with Crippen molar-refractivity contribution < 1.29 is 32.9 Å². The van der Waals surface area contributed by atoms with Crippen LogP contribution >= 0.6 is 23.4 Å². The average molecular weight is 580 g/mol. The lowest BCUT2D eigenvalue weighted by Gasteiger charge is -2.43. The van der Waals surface area contributed by atoms with E-state index in [2.05, 4.69) is 20.3 Å². The van der Waals surface area contributed by atoms with Crippen LogP contribution in [-0.4, -0.2) is 72.6 Å². The van der Waals surface area contributed by atoms with Gasteiger partial charge in [-0.3, -0.25) is 9.97 Å². The van der Waals surface area contributed by atoms with E-state index >= 15 is 0 Å². The Morgan fingerprint density at radius 1 is 1.13 bits per heavy atom. The Kier molecular flexibility index (Phi) is 8.16. The van der Waals surface area contributed by atoms with Crippen LogP contribution in [0.15, 0.2) is 59.9 Å². The van der Waals surface area contributed by atoms with Crippen LogP contribution in [0, 0.1) is 17.5 Å². The highest BCUT2D eigenvalue weighted by molar-refractivity contribution is 8.00. The van der Waals surface area contributed by atoms with Crippen molar-refractivity contribution in [2.24, 2.45) is 0 Å². The highest BCUT2D eigenvalue weighted by atomic mass is 35.5. The van der Waals surface area contributed by atoms with Gasteiger partial charge >= 0.3 is 0 Å². The topological polar surface area (TPSA) is 115 Å². The van der Waals surface area contributed by atoms with Crippen molar-refractivity contribution >= 4 is 23.4 Å². The molecule has 1 saturated heterocycles. The maximum atomic E-state index is 13.8. The lowest BCUT2D eigenvalue weighted by Crippen LogP contribution is -2.55. The molecule has 3 aromatic heterocycles. The van der Waals surface area contributed by atoms with E-state index in [1.165, 1.54) is 35.9 Å². The number of aliphatic hydroxyl groups excluding tert-OH is 2. The van der Waals surface area contributed by atoms with Crippen LogP contribution in [0.4, 0.5) is 13.2 Å². The van der Waals surface area contributed by atoms with E-state index in [0.717, 1.165) is 12.1 Å². The molecular formula is C25H21ClF3N5O4S. The summed E-state index contributed by atoms with van der Waals surface area (Å²) in [6, 6.07) is 7.71. The van der Waals surface area contributed by atoms with Gasteiger partial charge in [-0.1, -0.05) is 34.6 Å². The number of pyridine rings is 2. The van der Waals surface area contributed by atoms with Gasteiger partial charge in [-0.05, 0) is 30.3 Å². The zero-order chi connectivity index (χ0) is 27.7. The minimum atomic E-state index is -1.60. The van der Waals surface area contributed by atoms with Gasteiger partial charge in [0.1, 0.15) is 41.2 Å². The standard InChI is InChI=1S/C25H21ClF3N5O4S/c1-37-24-22(34-10-17(32-33-34)12-6-14(27)20(29)15(28)7-12)23(36)18(11-35)38-25(24)39-19-8-13(26)9-31-21(19)16-4-2-3-5-30-16/h2-10,18,22-25,35-36H,11H2,1H3/t18?,22?,23-,24-,25+/m0/s1. The number of methoxy groups -OCH3 is 1. The van der Waals surface area contributed by atoms with E-state index in [1.54, 1.807) is 24.4 Å². The molecule has 1 aliphatic rings. The number of halogens is 4. The van der Waals surface area contributed by atoms with Crippen molar-refractivity contribution in [3.63, 3.8) is 0 Å². The van der Waals surface area contributed by atoms with Gasteiger partial charge in [-0.2, -0.15) is 0 Å². The molecule has 39 heavy (non-hydrogen) atoms. The van der Waals surface area contributed by atoms with E-state index in [9.17, 15) is 23.4 Å². The summed E-state index contributed by atoms with van der Waals surface area (Å²) < 4.78 is 54.1. The highest BCUT2D eigenvalue weighted by Gasteiger charge is 2.47. The molecule has 5 rings (SSSR count). The second-order valence-corrected chi connectivity index (χ2v) is 10.2. The number of rotatable bonds is 7. The smallest absolute Gasteiger partial charge is 0.194 e. The lowest BCUT2D eigenvalue weighted by molar-refractivity contribution is -0.186. The summed E-state index contributed by atoms with van der Waals surface area (Å²) in [5, 5.41) is 29.4. The van der Waals surface area contributed by atoms with Crippen LogP contribution in [-0.2, 0) is 9.47 Å². The first-order valence-corrected chi connectivity index (χ1v) is 12.8. The summed E-state index contributed by atoms with van der Waals surface area (Å²) in [5.41, 5.74) is 0.300. The van der Waals surface area contributed by atoms with E-state index in [0.29, 0.717) is 21.3 Å². The first kappa shape index (κ1) is 27.5. The number of ether oxygens (including phenoxy) is 2. The molecule has 0 bridgehead atoms. The highest BCUT2D eigenvalue weighted by Crippen LogP contribution is 2.42. The van der Waals surface area contributed by atoms with Crippen LogP contribution in [0.25, 0.3) is 22.6 Å². The van der Waals surface area contributed by atoms with E-state index in [-0.39, 0.29) is 11.3 Å². The van der Waals surface area contributed by atoms with Crippen molar-refractivity contribution in [3.05, 3.63) is 77.5 Å². The fourth-order valence-corrected chi connectivity index (χ4v) is 5.84. The molecule has 0 radical (unpaired) electrons. The summed E-state index contributed by atoms with van der Waals surface area (Å²) in [6.45, 7) is -0.526. The summed E-state index contributed by atoms with van der Waals surface area (Å²) >= 11 is 7.44. The Hall–Kier alpha value is -3.07. The molecule has 1 aromatic carbocycles. The summed E-state index contributed by atoms with van der Waals surface area (Å²) in [6.07, 6.45) is 1.25. The number of nitrogens with zero attached hydrogens (tertiary/aromatic N) is 5. The maximum Gasteiger partial charge on any atom is 0.194 e. The van der Waals surface area contributed by atoms with E-state index < -0.39 is 53.8 Å². The third-order valence-electron chi connectivity index (χ3n) is 6.16. The second kappa shape index (κ2) is 11.6. The fraction of sp³-hybridized carbons (Fsp3) is 0.280. The molecule has 204 valence electrons. The van der Waals surface area contributed by atoms with Crippen LogP contribution in [0.3, 0.4) is 0 Å². The summed E-state index contributed by atoms with van der Waals surface area (Å²) in [5.74, 6) is -4.36. The molecule has 1 fully saturated rings. The van der Waals surface area contributed by atoms with Gasteiger partial charge in [0, 0.05) is 30.0 Å². The van der Waals surface area contributed by atoms with Gasteiger partial charge < -0.3 is 19.7 Å². The third-order valence-corrected chi connectivity index (χ3v) is 7.55. The van der Waals surface area contributed by atoms with E-state index in [4.69, 9.17) is 21.1 Å². The molecule has 5 atom stereocenters. The Morgan fingerprint density at radius 3 is 2.56 bits per heavy atom. The number of aliphatic hydroxyl groups is 2. The monoisotopic (exact) mass is 579 g/mol. The van der Waals surface area contributed by atoms with Crippen molar-refractivity contribution in [2.75, 3.05) is 13.7 Å². The summed E-state index contributed by atoms with van der Waals surface area (Å²) in [4.78, 5) is 9.39. The van der Waals surface area contributed by atoms with Crippen molar-refractivity contribution in [1.82, 2.24) is 25.0 Å². The average Bonchev–Trinajstić information content (AvgIpc) is 3.42.